The van der Waals surface area contributed by atoms with Crippen LogP contribution in [-0.4, -0.2) is 39.5 Å². The number of nitrogens with one attached hydrogen (secondary N) is 1. The maximum absolute atomic E-state index is 12.8. The minimum absolute atomic E-state index is 0.00967. The van der Waals surface area contributed by atoms with E-state index in [9.17, 15) is 18.3 Å². The van der Waals surface area contributed by atoms with Crippen LogP contribution in [-0.2, 0) is 25.2 Å². The maximum Gasteiger partial charge on any atom is 0.342 e. The number of hydroxylamine groups is 1. The number of hydrogen-bond acceptors (Lipinski definition) is 8. The molecule has 0 fully saturated rings. The van der Waals surface area contributed by atoms with Gasteiger partial charge in [-0.25, -0.2) is 18.0 Å². The number of methoxy groups -OCH3 is 1. The van der Waals surface area contributed by atoms with Crippen LogP contribution in [0.2, 0.25) is 0 Å². The van der Waals surface area contributed by atoms with Gasteiger partial charge in [-0.2, -0.15) is 0 Å². The molecule has 2 N–H and O–H groups in total. The van der Waals surface area contributed by atoms with E-state index in [1.807, 2.05) is 0 Å². The molecule has 0 aromatic heterocycles. The highest BCUT2D eigenvalue weighted by atomic mass is 32.2. The van der Waals surface area contributed by atoms with Crippen LogP contribution in [0.15, 0.2) is 53.4 Å². The lowest BCUT2D eigenvalue weighted by atomic mass is 10.0. The number of aliphatic hydroxyl groups is 1. The Balaban J connectivity index is 2.12. The van der Waals surface area contributed by atoms with Crippen molar-refractivity contribution < 1.29 is 32.6 Å². The molecule has 0 radical (unpaired) electrons. The molecular formula is C20H21NO7S. The topological polar surface area (TPSA) is 111 Å². The second kappa shape index (κ2) is 8.64. The standard InChI is InChI=1S/C20H21NO7S/c1-3-27-20(23)18-13(12-29(24,25)14-7-5-4-6-8-14)9-10-15(19(18)26-2)16-11-17(22)28-21-16/h4-11,17,21-22H,3,12H2,1-2H3. The van der Waals surface area contributed by atoms with Crippen molar-refractivity contribution in [3.8, 4) is 5.75 Å². The lowest BCUT2D eigenvalue weighted by Crippen LogP contribution is -2.16. The summed E-state index contributed by atoms with van der Waals surface area (Å²) in [5.41, 5.74) is 3.61. The van der Waals surface area contributed by atoms with Crippen LogP contribution in [0, 0.1) is 0 Å². The van der Waals surface area contributed by atoms with E-state index in [0.717, 1.165) is 0 Å². The minimum atomic E-state index is -3.71. The molecule has 0 amide bonds. The van der Waals surface area contributed by atoms with E-state index in [1.54, 1.807) is 31.2 Å². The van der Waals surface area contributed by atoms with E-state index < -0.39 is 27.8 Å². The summed E-state index contributed by atoms with van der Waals surface area (Å²) >= 11 is 0. The molecule has 1 aliphatic heterocycles. The van der Waals surface area contributed by atoms with E-state index in [1.165, 1.54) is 31.4 Å². The number of esters is 1. The fraction of sp³-hybridized carbons (Fsp3) is 0.250. The number of hydrogen-bond donors (Lipinski definition) is 2. The number of aliphatic hydroxyl groups excluding tert-OH is 1. The highest BCUT2D eigenvalue weighted by molar-refractivity contribution is 7.90. The third kappa shape index (κ3) is 4.42. The van der Waals surface area contributed by atoms with Crippen molar-refractivity contribution in [2.24, 2.45) is 0 Å². The van der Waals surface area contributed by atoms with Gasteiger partial charge in [0.05, 0.1) is 30.1 Å². The van der Waals surface area contributed by atoms with Gasteiger partial charge in [-0.1, -0.05) is 24.3 Å². The molecule has 1 atom stereocenters. The molecule has 1 heterocycles. The minimum Gasteiger partial charge on any atom is -0.495 e. The molecule has 3 rings (SSSR count). The molecule has 9 heteroatoms. The molecule has 8 nitrogen and oxygen atoms in total. The molecule has 0 spiro atoms. The first-order valence-corrected chi connectivity index (χ1v) is 10.5. The Morgan fingerprint density at radius 2 is 1.93 bits per heavy atom. The largest absolute Gasteiger partial charge is 0.495 e. The van der Waals surface area contributed by atoms with Crippen molar-refractivity contribution in [2.45, 2.75) is 23.9 Å². The molecule has 2 aromatic rings. The van der Waals surface area contributed by atoms with Gasteiger partial charge >= 0.3 is 5.97 Å². The van der Waals surface area contributed by atoms with E-state index in [-0.39, 0.29) is 28.4 Å². The molecule has 0 aliphatic carbocycles. The van der Waals surface area contributed by atoms with Gasteiger partial charge in [-0.15, -0.1) is 0 Å². The Bertz CT molecular complexity index is 1030. The zero-order valence-electron chi connectivity index (χ0n) is 15.9. The van der Waals surface area contributed by atoms with Gasteiger partial charge in [0.15, 0.2) is 9.84 Å². The zero-order valence-corrected chi connectivity index (χ0v) is 16.7. The number of benzene rings is 2. The normalized spacial score (nSPS) is 16.1. The van der Waals surface area contributed by atoms with E-state index in [4.69, 9.17) is 14.3 Å². The second-order valence-corrected chi connectivity index (χ2v) is 8.15. The Morgan fingerprint density at radius 3 is 2.52 bits per heavy atom. The number of carbonyl (C=O) groups excluding carboxylic acids is 1. The number of ether oxygens (including phenoxy) is 2. The summed E-state index contributed by atoms with van der Waals surface area (Å²) in [6.45, 7) is 1.76. The highest BCUT2D eigenvalue weighted by Crippen LogP contribution is 2.35. The molecule has 1 unspecified atom stereocenters. The van der Waals surface area contributed by atoms with Crippen LogP contribution in [0.4, 0.5) is 0 Å². The van der Waals surface area contributed by atoms with Gasteiger partial charge in [0, 0.05) is 5.56 Å². The van der Waals surface area contributed by atoms with Crippen LogP contribution in [0.3, 0.4) is 0 Å². The molecule has 2 aromatic carbocycles. The molecule has 0 bridgehead atoms. The first-order chi connectivity index (χ1) is 13.9. The Morgan fingerprint density at radius 1 is 1.21 bits per heavy atom. The molecule has 0 saturated heterocycles. The smallest absolute Gasteiger partial charge is 0.342 e. The number of sulfone groups is 1. The van der Waals surface area contributed by atoms with Crippen molar-refractivity contribution in [3.05, 3.63) is 65.2 Å². The van der Waals surface area contributed by atoms with Gasteiger partial charge in [0.2, 0.25) is 6.29 Å². The quantitative estimate of drug-likeness (QED) is 0.656. The lowest BCUT2D eigenvalue weighted by molar-refractivity contribution is -0.0822. The summed E-state index contributed by atoms with van der Waals surface area (Å²) in [7, 11) is -2.34. The summed E-state index contributed by atoms with van der Waals surface area (Å²) in [6, 6.07) is 11.1. The maximum atomic E-state index is 12.8. The third-order valence-corrected chi connectivity index (χ3v) is 5.95. The third-order valence-electron chi connectivity index (χ3n) is 4.26. The van der Waals surface area contributed by atoms with Crippen molar-refractivity contribution >= 4 is 21.5 Å². The predicted molar refractivity (Wildman–Crippen MR) is 104 cm³/mol. The molecule has 154 valence electrons. The second-order valence-electron chi connectivity index (χ2n) is 6.16. The summed E-state index contributed by atoms with van der Waals surface area (Å²) in [5.74, 6) is -0.988. The average Bonchev–Trinajstić information content (AvgIpc) is 3.14. The van der Waals surface area contributed by atoms with Crippen molar-refractivity contribution in [3.63, 3.8) is 0 Å². The van der Waals surface area contributed by atoms with Crippen LogP contribution in [0.25, 0.3) is 5.70 Å². The molecule has 1 aliphatic rings. The lowest BCUT2D eigenvalue weighted by Gasteiger charge is -2.17. The summed E-state index contributed by atoms with van der Waals surface area (Å²) in [4.78, 5) is 17.7. The highest BCUT2D eigenvalue weighted by Gasteiger charge is 2.28. The summed E-state index contributed by atoms with van der Waals surface area (Å²) < 4.78 is 36.3. The van der Waals surface area contributed by atoms with E-state index >= 15 is 0 Å². The van der Waals surface area contributed by atoms with Crippen molar-refractivity contribution in [1.29, 1.82) is 0 Å². The van der Waals surface area contributed by atoms with E-state index in [0.29, 0.717) is 11.3 Å². The van der Waals surface area contributed by atoms with Gasteiger partial charge < -0.3 is 14.6 Å². The van der Waals surface area contributed by atoms with Crippen molar-refractivity contribution in [1.82, 2.24) is 5.48 Å². The van der Waals surface area contributed by atoms with Crippen LogP contribution < -0.4 is 10.2 Å². The van der Waals surface area contributed by atoms with Crippen LogP contribution in [0.1, 0.15) is 28.4 Å². The fourth-order valence-electron chi connectivity index (χ4n) is 2.99. The van der Waals surface area contributed by atoms with Gasteiger partial charge in [-0.05, 0) is 36.8 Å². The molecular weight excluding hydrogens is 398 g/mol. The summed E-state index contributed by atoms with van der Waals surface area (Å²) in [6.07, 6.45) is 0.242. The van der Waals surface area contributed by atoms with Gasteiger partial charge in [-0.3, -0.25) is 5.48 Å². The van der Waals surface area contributed by atoms with E-state index in [2.05, 4.69) is 5.48 Å². The first-order valence-electron chi connectivity index (χ1n) is 8.84. The summed E-state index contributed by atoms with van der Waals surface area (Å²) in [5, 5.41) is 9.55. The van der Waals surface area contributed by atoms with Crippen molar-refractivity contribution in [2.75, 3.05) is 13.7 Å². The Labute approximate surface area is 168 Å². The molecule has 0 saturated carbocycles. The Kier molecular flexibility index (Phi) is 6.21. The van der Waals surface area contributed by atoms with Gasteiger partial charge in [0.1, 0.15) is 11.3 Å². The predicted octanol–water partition coefficient (Wildman–Crippen LogP) is 2.04. The monoisotopic (exact) mass is 419 g/mol. The Hall–Kier alpha value is -2.88. The van der Waals surface area contributed by atoms with Crippen LogP contribution >= 0.6 is 0 Å². The SMILES string of the molecule is CCOC(=O)c1c(CS(=O)(=O)c2ccccc2)ccc(C2=CC(O)ON2)c1OC. The van der Waals surface area contributed by atoms with Gasteiger partial charge in [0.25, 0.3) is 0 Å². The zero-order chi connectivity index (χ0) is 21.0. The fourth-order valence-corrected chi connectivity index (χ4v) is 4.38. The number of rotatable bonds is 7. The number of carbonyl (C=O) groups is 1. The average molecular weight is 419 g/mol. The first kappa shape index (κ1) is 20.8. The van der Waals surface area contributed by atoms with Crippen LogP contribution in [0.5, 0.6) is 5.75 Å². The molecule has 29 heavy (non-hydrogen) atoms.